The number of hydrogen-bond donors (Lipinski definition) is 0. The van der Waals surface area contributed by atoms with Crippen molar-refractivity contribution in [2.45, 2.75) is 39.5 Å². The van der Waals surface area contributed by atoms with Gasteiger partial charge in [0.25, 0.3) is 0 Å². The van der Waals surface area contributed by atoms with Crippen LogP contribution >= 0.6 is 0 Å². The Labute approximate surface area is 126 Å². The molecule has 0 aliphatic rings. The lowest BCUT2D eigenvalue weighted by Gasteiger charge is -2.14. The van der Waals surface area contributed by atoms with E-state index in [4.69, 9.17) is 9.47 Å². The maximum absolute atomic E-state index is 11.9. The fraction of sp³-hybridized carbons (Fsp3) is 0.529. The molecule has 0 saturated heterocycles. The predicted molar refractivity (Wildman–Crippen MR) is 81.6 cm³/mol. The van der Waals surface area contributed by atoms with Gasteiger partial charge in [0, 0.05) is 5.56 Å². The Morgan fingerprint density at radius 3 is 2.24 bits per heavy atom. The summed E-state index contributed by atoms with van der Waals surface area (Å²) in [5.74, 6) is 0.542. The number of rotatable bonds is 10. The first-order chi connectivity index (χ1) is 10.2. The van der Waals surface area contributed by atoms with Gasteiger partial charge in [0.2, 0.25) is 0 Å². The lowest BCUT2D eigenvalue weighted by Crippen LogP contribution is -2.20. The molecule has 0 aromatic heterocycles. The molecule has 0 aliphatic carbocycles. The van der Waals surface area contributed by atoms with E-state index in [1.807, 2.05) is 0 Å². The summed E-state index contributed by atoms with van der Waals surface area (Å²) in [6.07, 6.45) is 4.51. The van der Waals surface area contributed by atoms with Crippen molar-refractivity contribution in [2.24, 2.45) is 5.92 Å². The van der Waals surface area contributed by atoms with E-state index in [2.05, 4.69) is 13.8 Å². The molecule has 0 bridgehead atoms. The second-order valence-corrected chi connectivity index (χ2v) is 4.98. The largest absolute Gasteiger partial charge is 0.490 e. The van der Waals surface area contributed by atoms with Gasteiger partial charge < -0.3 is 9.47 Å². The maximum atomic E-state index is 11.9. The molecule has 0 atom stereocenters. The van der Waals surface area contributed by atoms with Crippen LogP contribution in [0.5, 0.6) is 5.75 Å². The van der Waals surface area contributed by atoms with E-state index in [0.717, 1.165) is 32.0 Å². The molecule has 0 heterocycles. The molecule has 1 rings (SSSR count). The predicted octanol–water partition coefficient (Wildman–Crippen LogP) is 3.64. The lowest BCUT2D eigenvalue weighted by atomic mass is 9.99. The molecular formula is C17H24O4. The molecule has 4 nitrogen and oxygen atoms in total. The van der Waals surface area contributed by atoms with Gasteiger partial charge >= 0.3 is 5.97 Å². The Morgan fingerprint density at radius 1 is 1.10 bits per heavy atom. The molecule has 0 spiro atoms. The highest BCUT2D eigenvalue weighted by atomic mass is 16.6. The molecule has 4 heteroatoms. The van der Waals surface area contributed by atoms with Crippen LogP contribution in [0.3, 0.4) is 0 Å². The summed E-state index contributed by atoms with van der Waals surface area (Å²) in [7, 11) is 0. The van der Waals surface area contributed by atoms with Gasteiger partial charge in [-0.2, -0.15) is 0 Å². The zero-order chi connectivity index (χ0) is 15.5. The van der Waals surface area contributed by atoms with E-state index in [1.54, 1.807) is 24.3 Å². The van der Waals surface area contributed by atoms with Crippen LogP contribution in [0.25, 0.3) is 0 Å². The fourth-order valence-electron chi connectivity index (χ4n) is 2.14. The molecule has 0 radical (unpaired) electrons. The van der Waals surface area contributed by atoms with Crippen molar-refractivity contribution in [1.82, 2.24) is 0 Å². The Morgan fingerprint density at radius 2 is 1.71 bits per heavy atom. The first-order valence-electron chi connectivity index (χ1n) is 7.55. The summed E-state index contributed by atoms with van der Waals surface area (Å²) in [6.45, 7) is 4.71. The quantitative estimate of drug-likeness (QED) is 0.375. The number of carbonyl (C=O) groups is 2. The molecule has 0 fully saturated rings. The van der Waals surface area contributed by atoms with Crippen molar-refractivity contribution in [3.63, 3.8) is 0 Å². The third-order valence-electron chi connectivity index (χ3n) is 3.22. The smallest absolute Gasteiger partial charge is 0.309 e. The summed E-state index contributed by atoms with van der Waals surface area (Å²) >= 11 is 0. The van der Waals surface area contributed by atoms with Crippen LogP contribution in [0.1, 0.15) is 49.9 Å². The molecule has 116 valence electrons. The molecular weight excluding hydrogens is 268 g/mol. The monoisotopic (exact) mass is 292 g/mol. The maximum Gasteiger partial charge on any atom is 0.309 e. The van der Waals surface area contributed by atoms with Gasteiger partial charge in [-0.1, -0.05) is 26.7 Å². The molecule has 0 aliphatic heterocycles. The second kappa shape index (κ2) is 9.97. The van der Waals surface area contributed by atoms with Crippen molar-refractivity contribution in [1.29, 1.82) is 0 Å². The van der Waals surface area contributed by atoms with Gasteiger partial charge in [-0.25, -0.2) is 0 Å². The van der Waals surface area contributed by atoms with Crippen LogP contribution in [-0.2, 0) is 9.53 Å². The number of aldehydes is 1. The first-order valence-corrected chi connectivity index (χ1v) is 7.55. The second-order valence-electron chi connectivity index (χ2n) is 4.98. The minimum Gasteiger partial charge on any atom is -0.490 e. The minimum atomic E-state index is -0.126. The number of esters is 1. The van der Waals surface area contributed by atoms with Gasteiger partial charge in [0.15, 0.2) is 0 Å². The topological polar surface area (TPSA) is 52.6 Å². The minimum absolute atomic E-state index is 0.00637. The van der Waals surface area contributed by atoms with Crippen LogP contribution in [0.15, 0.2) is 24.3 Å². The normalized spacial score (nSPS) is 10.4. The average molecular weight is 292 g/mol. The van der Waals surface area contributed by atoms with Gasteiger partial charge in [-0.3, -0.25) is 9.59 Å². The van der Waals surface area contributed by atoms with Crippen molar-refractivity contribution >= 4 is 12.3 Å². The van der Waals surface area contributed by atoms with Crippen LogP contribution in [0.2, 0.25) is 0 Å². The van der Waals surface area contributed by atoms with Crippen LogP contribution in [0, 0.1) is 5.92 Å². The zero-order valence-electron chi connectivity index (χ0n) is 12.8. The highest BCUT2D eigenvalue weighted by Gasteiger charge is 2.17. The standard InChI is InChI=1S/C17H24O4/c1-3-5-15(6-4-2)17(19)21-12-11-20-16-9-7-14(13-18)8-10-16/h7-10,13,15H,3-6,11-12H2,1-2H3. The highest BCUT2D eigenvalue weighted by Crippen LogP contribution is 2.15. The Hall–Kier alpha value is -1.84. The fourth-order valence-corrected chi connectivity index (χ4v) is 2.14. The van der Waals surface area contributed by atoms with Gasteiger partial charge in [-0.05, 0) is 37.1 Å². The summed E-state index contributed by atoms with van der Waals surface area (Å²) in [5.41, 5.74) is 0.607. The highest BCUT2D eigenvalue weighted by molar-refractivity contribution is 5.74. The number of benzene rings is 1. The summed E-state index contributed by atoms with van der Waals surface area (Å²) in [4.78, 5) is 22.4. The van der Waals surface area contributed by atoms with E-state index >= 15 is 0 Å². The SMILES string of the molecule is CCCC(CCC)C(=O)OCCOc1ccc(C=O)cc1. The molecule has 21 heavy (non-hydrogen) atoms. The third-order valence-corrected chi connectivity index (χ3v) is 3.22. The van der Waals surface area contributed by atoms with E-state index in [9.17, 15) is 9.59 Å². The lowest BCUT2D eigenvalue weighted by molar-refractivity contribution is -0.149. The van der Waals surface area contributed by atoms with Crippen molar-refractivity contribution in [3.8, 4) is 5.75 Å². The summed E-state index contributed by atoms with van der Waals surface area (Å²) in [6, 6.07) is 6.82. The van der Waals surface area contributed by atoms with Crippen molar-refractivity contribution in [2.75, 3.05) is 13.2 Å². The molecule has 1 aromatic rings. The Balaban J connectivity index is 2.28. The van der Waals surface area contributed by atoms with Crippen LogP contribution in [-0.4, -0.2) is 25.5 Å². The Kier molecular flexibility index (Phi) is 8.17. The van der Waals surface area contributed by atoms with Crippen LogP contribution in [0.4, 0.5) is 0 Å². The number of hydrogen-bond acceptors (Lipinski definition) is 4. The average Bonchev–Trinajstić information content (AvgIpc) is 2.51. The summed E-state index contributed by atoms with van der Waals surface area (Å²) in [5, 5.41) is 0. The van der Waals surface area contributed by atoms with Gasteiger partial charge in [-0.15, -0.1) is 0 Å². The van der Waals surface area contributed by atoms with E-state index in [0.29, 0.717) is 17.9 Å². The molecule has 0 N–H and O–H groups in total. The summed E-state index contributed by atoms with van der Waals surface area (Å²) < 4.78 is 10.7. The van der Waals surface area contributed by atoms with Crippen molar-refractivity contribution < 1.29 is 19.1 Å². The van der Waals surface area contributed by atoms with Gasteiger partial charge in [0.05, 0.1) is 5.92 Å². The van der Waals surface area contributed by atoms with Crippen molar-refractivity contribution in [3.05, 3.63) is 29.8 Å². The third kappa shape index (κ3) is 6.43. The molecule has 0 unspecified atom stereocenters. The number of carbonyl (C=O) groups excluding carboxylic acids is 2. The van der Waals surface area contributed by atoms with E-state index < -0.39 is 0 Å². The molecule has 1 aromatic carbocycles. The van der Waals surface area contributed by atoms with Gasteiger partial charge in [0.1, 0.15) is 25.2 Å². The number of ether oxygens (including phenoxy) is 2. The van der Waals surface area contributed by atoms with E-state index in [-0.39, 0.29) is 18.5 Å². The van der Waals surface area contributed by atoms with Crippen LogP contribution < -0.4 is 4.74 Å². The Bertz CT molecular complexity index is 419. The van der Waals surface area contributed by atoms with E-state index in [1.165, 1.54) is 0 Å². The first kappa shape index (κ1) is 17.2. The molecule has 0 saturated carbocycles. The molecule has 0 amide bonds. The zero-order valence-corrected chi connectivity index (χ0v) is 12.8.